The van der Waals surface area contributed by atoms with Gasteiger partial charge in [0.1, 0.15) is 11.9 Å². The molecule has 1 unspecified atom stereocenters. The van der Waals surface area contributed by atoms with Gasteiger partial charge in [0.05, 0.1) is 22.9 Å². The second-order valence-electron chi connectivity index (χ2n) is 8.65. The number of nitrogens with zero attached hydrogens (tertiary/aromatic N) is 3. The van der Waals surface area contributed by atoms with Crippen LogP contribution in [0.5, 0.6) is 0 Å². The number of hydrogen-bond donors (Lipinski definition) is 1. The van der Waals surface area contributed by atoms with Gasteiger partial charge in [-0.2, -0.15) is 0 Å². The molecule has 0 spiro atoms. The van der Waals surface area contributed by atoms with Gasteiger partial charge < -0.3 is 14.8 Å². The minimum atomic E-state index is -1.00. The second-order valence-corrected chi connectivity index (χ2v) is 8.65. The Morgan fingerprint density at radius 2 is 1.70 bits per heavy atom. The molecule has 2 aromatic carbocycles. The zero-order valence-corrected chi connectivity index (χ0v) is 18.4. The van der Waals surface area contributed by atoms with E-state index in [1.165, 1.54) is 24.5 Å². The highest BCUT2D eigenvalue weighted by molar-refractivity contribution is 5.94. The van der Waals surface area contributed by atoms with Crippen molar-refractivity contribution >= 4 is 22.8 Å². The third kappa shape index (κ3) is 4.58. The fourth-order valence-corrected chi connectivity index (χ4v) is 4.31. The summed E-state index contributed by atoms with van der Waals surface area (Å²) in [5.74, 6) is -3.31. The van der Waals surface area contributed by atoms with E-state index in [9.17, 15) is 22.8 Å². The molecule has 0 bridgehead atoms. The van der Waals surface area contributed by atoms with Crippen LogP contribution >= 0.6 is 0 Å². The van der Waals surface area contributed by atoms with Crippen molar-refractivity contribution in [2.75, 3.05) is 13.1 Å². The Morgan fingerprint density at radius 3 is 2.36 bits per heavy atom. The Labute approximate surface area is 189 Å². The summed E-state index contributed by atoms with van der Waals surface area (Å²) in [5.41, 5.74) is 0.649. The highest BCUT2D eigenvalue weighted by atomic mass is 19.2. The molecule has 2 amide bonds. The zero-order chi connectivity index (χ0) is 23.7. The van der Waals surface area contributed by atoms with E-state index in [0.717, 1.165) is 12.1 Å². The normalized spacial score (nSPS) is 15.8. The number of rotatable bonds is 5. The van der Waals surface area contributed by atoms with Crippen LogP contribution in [0.2, 0.25) is 0 Å². The maximum atomic E-state index is 13.9. The van der Waals surface area contributed by atoms with Gasteiger partial charge in [0, 0.05) is 31.3 Å². The van der Waals surface area contributed by atoms with Gasteiger partial charge in [-0.3, -0.25) is 9.59 Å². The Balaban J connectivity index is 1.44. The number of amides is 2. The van der Waals surface area contributed by atoms with Crippen LogP contribution < -0.4 is 5.32 Å². The molecule has 2 heterocycles. The van der Waals surface area contributed by atoms with E-state index in [4.69, 9.17) is 0 Å². The Kier molecular flexibility index (Phi) is 6.40. The van der Waals surface area contributed by atoms with Crippen LogP contribution in [0.3, 0.4) is 0 Å². The predicted octanol–water partition coefficient (Wildman–Crippen LogP) is 4.07. The molecule has 1 aliphatic heterocycles. The molecule has 0 aliphatic carbocycles. The first-order valence-electron chi connectivity index (χ1n) is 10.9. The summed E-state index contributed by atoms with van der Waals surface area (Å²) in [6.45, 7) is 4.52. The number of carbonyl (C=O) groups excluding carboxylic acids is 2. The number of benzene rings is 2. The van der Waals surface area contributed by atoms with Crippen LogP contribution in [0.15, 0.2) is 42.7 Å². The fourth-order valence-electron chi connectivity index (χ4n) is 4.31. The number of piperidine rings is 1. The second kappa shape index (κ2) is 9.25. The summed E-state index contributed by atoms with van der Waals surface area (Å²) in [7, 11) is 0. The van der Waals surface area contributed by atoms with E-state index in [1.54, 1.807) is 15.5 Å². The van der Waals surface area contributed by atoms with Crippen molar-refractivity contribution in [3.8, 4) is 0 Å². The van der Waals surface area contributed by atoms with Gasteiger partial charge in [0.2, 0.25) is 5.91 Å². The number of halogens is 3. The lowest BCUT2D eigenvalue weighted by Gasteiger charge is -2.34. The summed E-state index contributed by atoms with van der Waals surface area (Å²) >= 11 is 0. The first-order valence-corrected chi connectivity index (χ1v) is 10.9. The maximum absolute atomic E-state index is 13.9. The standard InChI is InChI=1S/C24H25F3N4O2/c1-14(2)22(31-13-28-20-11-18(26)19(27)12-21(20)31)23(32)29-15-7-9-30(10-8-15)24(33)16-5-3-4-6-17(16)25/h3-6,11-15,22H,7-10H2,1-2H3,(H,29,32). The molecule has 4 rings (SSSR count). The first kappa shape index (κ1) is 22.8. The first-order chi connectivity index (χ1) is 15.8. The van der Waals surface area contributed by atoms with Gasteiger partial charge in [0.15, 0.2) is 11.6 Å². The highest BCUT2D eigenvalue weighted by Crippen LogP contribution is 2.26. The number of carbonyl (C=O) groups is 2. The van der Waals surface area contributed by atoms with Gasteiger partial charge in [-0.25, -0.2) is 18.2 Å². The van der Waals surface area contributed by atoms with E-state index < -0.39 is 23.5 Å². The van der Waals surface area contributed by atoms with E-state index in [2.05, 4.69) is 10.3 Å². The molecule has 0 saturated carbocycles. The molecule has 33 heavy (non-hydrogen) atoms. The minimum Gasteiger partial charge on any atom is -0.351 e. The average Bonchev–Trinajstić information content (AvgIpc) is 3.16. The molecule has 1 aliphatic rings. The molecule has 9 heteroatoms. The Bertz CT molecular complexity index is 1190. The van der Waals surface area contributed by atoms with E-state index in [1.807, 2.05) is 13.8 Å². The SMILES string of the molecule is CC(C)C(C(=O)NC1CCN(C(=O)c2ccccc2F)CC1)n1cnc2cc(F)c(F)cc21. The third-order valence-corrected chi connectivity index (χ3v) is 6.05. The lowest BCUT2D eigenvalue weighted by atomic mass is 9.99. The molecule has 0 radical (unpaired) electrons. The van der Waals surface area contributed by atoms with Crippen molar-refractivity contribution in [1.29, 1.82) is 0 Å². The van der Waals surface area contributed by atoms with Gasteiger partial charge in [-0.1, -0.05) is 26.0 Å². The smallest absolute Gasteiger partial charge is 0.256 e. The lowest BCUT2D eigenvalue weighted by Crippen LogP contribution is -2.48. The molecule has 1 saturated heterocycles. The summed E-state index contributed by atoms with van der Waals surface area (Å²) < 4.78 is 42.9. The molecule has 1 atom stereocenters. The van der Waals surface area contributed by atoms with Crippen LogP contribution in [-0.2, 0) is 4.79 Å². The number of nitrogens with one attached hydrogen (secondary N) is 1. The minimum absolute atomic E-state index is 0.0375. The topological polar surface area (TPSA) is 67.2 Å². The van der Waals surface area contributed by atoms with Crippen LogP contribution in [0, 0.1) is 23.4 Å². The number of imidazole rings is 1. The van der Waals surface area contributed by atoms with Crippen molar-refractivity contribution in [2.45, 2.75) is 38.8 Å². The molecule has 1 aromatic heterocycles. The quantitative estimate of drug-likeness (QED) is 0.627. The van der Waals surface area contributed by atoms with Crippen molar-refractivity contribution in [2.24, 2.45) is 5.92 Å². The average molecular weight is 458 g/mol. The third-order valence-electron chi connectivity index (χ3n) is 6.05. The predicted molar refractivity (Wildman–Crippen MR) is 117 cm³/mol. The number of likely N-dealkylation sites (tertiary alicyclic amines) is 1. The van der Waals surface area contributed by atoms with Crippen LogP contribution in [0.4, 0.5) is 13.2 Å². The lowest BCUT2D eigenvalue weighted by molar-refractivity contribution is -0.126. The van der Waals surface area contributed by atoms with Crippen molar-refractivity contribution in [1.82, 2.24) is 19.8 Å². The van der Waals surface area contributed by atoms with E-state index >= 15 is 0 Å². The van der Waals surface area contributed by atoms with Gasteiger partial charge >= 0.3 is 0 Å². The number of fused-ring (bicyclic) bond motifs is 1. The maximum Gasteiger partial charge on any atom is 0.256 e. The summed E-state index contributed by atoms with van der Waals surface area (Å²) in [6.07, 6.45) is 2.48. The molecule has 6 nitrogen and oxygen atoms in total. The molecule has 1 fully saturated rings. The largest absolute Gasteiger partial charge is 0.351 e. The van der Waals surface area contributed by atoms with E-state index in [0.29, 0.717) is 31.4 Å². The van der Waals surface area contributed by atoms with Crippen LogP contribution in [0.1, 0.15) is 43.1 Å². The summed E-state index contributed by atoms with van der Waals surface area (Å²) in [6, 6.07) is 7.11. The highest BCUT2D eigenvalue weighted by Gasteiger charge is 2.30. The number of hydrogen-bond acceptors (Lipinski definition) is 3. The molecule has 1 N–H and O–H groups in total. The summed E-state index contributed by atoms with van der Waals surface area (Å²) in [5, 5.41) is 3.02. The van der Waals surface area contributed by atoms with E-state index in [-0.39, 0.29) is 34.9 Å². The molecule has 174 valence electrons. The van der Waals surface area contributed by atoms with Crippen molar-refractivity contribution in [3.63, 3.8) is 0 Å². The fraction of sp³-hybridized carbons (Fsp3) is 0.375. The van der Waals surface area contributed by atoms with Gasteiger partial charge in [0.25, 0.3) is 5.91 Å². The van der Waals surface area contributed by atoms with Gasteiger partial charge in [-0.15, -0.1) is 0 Å². The molecule has 3 aromatic rings. The van der Waals surface area contributed by atoms with Crippen LogP contribution in [-0.4, -0.2) is 45.4 Å². The molecular weight excluding hydrogens is 433 g/mol. The Morgan fingerprint density at radius 1 is 1.03 bits per heavy atom. The zero-order valence-electron chi connectivity index (χ0n) is 18.4. The number of aromatic nitrogens is 2. The molecular formula is C24H25F3N4O2. The van der Waals surface area contributed by atoms with Gasteiger partial charge in [-0.05, 0) is 30.9 Å². The summed E-state index contributed by atoms with van der Waals surface area (Å²) in [4.78, 5) is 31.5. The monoisotopic (exact) mass is 458 g/mol. The van der Waals surface area contributed by atoms with Crippen molar-refractivity contribution in [3.05, 3.63) is 65.7 Å². The van der Waals surface area contributed by atoms with Crippen molar-refractivity contribution < 1.29 is 22.8 Å². The Hall–Kier alpha value is -3.36. The van der Waals surface area contributed by atoms with Crippen LogP contribution in [0.25, 0.3) is 11.0 Å².